The van der Waals surface area contributed by atoms with Crippen molar-refractivity contribution >= 4 is 0 Å². The molecule has 26 heavy (non-hydrogen) atoms. The maximum atomic E-state index is 10.6. The molecule has 6 N–H and O–H groups in total. The second kappa shape index (κ2) is 7.15. The summed E-state index contributed by atoms with van der Waals surface area (Å²) in [7, 11) is 0. The van der Waals surface area contributed by atoms with Gasteiger partial charge in [0.05, 0.1) is 32.5 Å². The van der Waals surface area contributed by atoms with Gasteiger partial charge in [-0.25, -0.2) is 0 Å². The molecule has 6 heteroatoms. The average molecular weight is 370 g/mol. The van der Waals surface area contributed by atoms with Crippen LogP contribution in [-0.2, 0) is 0 Å². The van der Waals surface area contributed by atoms with Gasteiger partial charge in [-0.1, -0.05) is 18.6 Å². The summed E-state index contributed by atoms with van der Waals surface area (Å²) in [5.41, 5.74) is -1.19. The predicted octanol–water partition coefficient (Wildman–Crippen LogP) is 0.197. The van der Waals surface area contributed by atoms with Gasteiger partial charge >= 0.3 is 0 Å². The fourth-order valence-electron chi connectivity index (χ4n) is 6.30. The van der Waals surface area contributed by atoms with E-state index in [1.165, 1.54) is 5.57 Å². The zero-order valence-corrected chi connectivity index (χ0v) is 15.6. The number of hydrogen-bond acceptors (Lipinski definition) is 6. The second-order valence-electron chi connectivity index (χ2n) is 9.13. The Hall–Kier alpha value is -0.500. The lowest BCUT2D eigenvalue weighted by atomic mass is 9.45. The molecule has 0 aliphatic heterocycles. The number of allylic oxidation sites excluding steroid dienone is 2. The fourth-order valence-corrected chi connectivity index (χ4v) is 6.30. The summed E-state index contributed by atoms with van der Waals surface area (Å²) in [5.74, 6) is 0.118. The molecule has 3 rings (SSSR count). The van der Waals surface area contributed by atoms with Crippen LogP contribution in [0.3, 0.4) is 0 Å². The number of aliphatic hydroxyl groups excluding tert-OH is 5. The van der Waals surface area contributed by atoms with Crippen LogP contribution >= 0.6 is 0 Å². The van der Waals surface area contributed by atoms with Crippen LogP contribution < -0.4 is 0 Å². The predicted molar refractivity (Wildman–Crippen MR) is 96.1 cm³/mol. The molecule has 0 amide bonds. The maximum Gasteiger partial charge on any atom is 0.114 e. The van der Waals surface area contributed by atoms with E-state index in [1.54, 1.807) is 0 Å². The van der Waals surface area contributed by atoms with Gasteiger partial charge in [-0.05, 0) is 61.7 Å². The van der Waals surface area contributed by atoms with E-state index in [4.69, 9.17) is 0 Å². The minimum absolute atomic E-state index is 0.00798. The van der Waals surface area contributed by atoms with Crippen LogP contribution in [0.5, 0.6) is 0 Å². The SMILES string of the molecule is C[C@@]12CC[C@@H](O)C(CO)(CO)[C@H]1CC=C1C[C@H](C(O)(CO)CO)CC[C@H]12. The van der Waals surface area contributed by atoms with E-state index in [-0.39, 0.29) is 36.4 Å². The highest BCUT2D eigenvalue weighted by atomic mass is 16.4. The number of rotatable bonds is 5. The van der Waals surface area contributed by atoms with E-state index in [0.717, 1.165) is 19.3 Å². The van der Waals surface area contributed by atoms with Crippen LogP contribution in [0.2, 0.25) is 0 Å². The van der Waals surface area contributed by atoms with Crippen molar-refractivity contribution in [3.05, 3.63) is 11.6 Å². The molecule has 0 radical (unpaired) electrons. The zero-order chi connectivity index (χ0) is 19.2. The van der Waals surface area contributed by atoms with Crippen molar-refractivity contribution in [3.8, 4) is 0 Å². The molecule has 0 heterocycles. The van der Waals surface area contributed by atoms with Crippen molar-refractivity contribution < 1.29 is 30.6 Å². The molecule has 0 bridgehead atoms. The second-order valence-corrected chi connectivity index (χ2v) is 9.13. The third-order valence-corrected chi connectivity index (χ3v) is 8.15. The first kappa shape index (κ1) is 20.2. The summed E-state index contributed by atoms with van der Waals surface area (Å²) in [6.07, 6.45) is 5.76. The van der Waals surface area contributed by atoms with Crippen molar-refractivity contribution in [1.29, 1.82) is 0 Å². The van der Waals surface area contributed by atoms with Gasteiger partial charge in [-0.3, -0.25) is 0 Å². The number of hydrogen-bond donors (Lipinski definition) is 6. The molecule has 2 fully saturated rings. The Morgan fingerprint density at radius 1 is 1.08 bits per heavy atom. The molecule has 0 spiro atoms. The first-order chi connectivity index (χ1) is 12.3. The van der Waals surface area contributed by atoms with Gasteiger partial charge in [0.1, 0.15) is 5.60 Å². The normalized spacial score (nSPS) is 39.7. The Morgan fingerprint density at radius 3 is 2.31 bits per heavy atom. The van der Waals surface area contributed by atoms with Gasteiger partial charge in [-0.15, -0.1) is 0 Å². The Bertz CT molecular complexity index is 538. The molecule has 5 atom stereocenters. The van der Waals surface area contributed by atoms with Gasteiger partial charge in [0.15, 0.2) is 0 Å². The summed E-state index contributed by atoms with van der Waals surface area (Å²) >= 11 is 0. The standard InChI is InChI=1S/C20H34O6/c1-18-7-6-17(25)19(9-21,10-22)16(18)5-2-13-8-14(3-4-15(13)18)20(26,11-23)12-24/h2,14-17,21-26H,3-12H2,1H3/t14-,15-,16+,17-,18+/m1/s1. The van der Waals surface area contributed by atoms with E-state index in [1.807, 2.05) is 0 Å². The summed E-state index contributed by atoms with van der Waals surface area (Å²) < 4.78 is 0. The topological polar surface area (TPSA) is 121 Å². The molecule has 0 aromatic heterocycles. The highest BCUT2D eigenvalue weighted by Gasteiger charge is 2.60. The number of fused-ring (bicyclic) bond motifs is 3. The Morgan fingerprint density at radius 2 is 1.73 bits per heavy atom. The monoisotopic (exact) mass is 370 g/mol. The van der Waals surface area contributed by atoms with Crippen LogP contribution in [0.15, 0.2) is 11.6 Å². The van der Waals surface area contributed by atoms with E-state index < -0.39 is 30.3 Å². The van der Waals surface area contributed by atoms with Crippen molar-refractivity contribution in [1.82, 2.24) is 0 Å². The molecule has 0 saturated heterocycles. The van der Waals surface area contributed by atoms with Gasteiger partial charge in [0.2, 0.25) is 0 Å². The van der Waals surface area contributed by atoms with Crippen molar-refractivity contribution in [2.24, 2.45) is 28.6 Å². The summed E-state index contributed by atoms with van der Waals surface area (Å²) in [6.45, 7) is 0.870. The summed E-state index contributed by atoms with van der Waals surface area (Å²) in [4.78, 5) is 0. The molecule has 0 unspecified atom stereocenters. The molecule has 0 aromatic rings. The molecule has 3 aliphatic rings. The molecule has 6 nitrogen and oxygen atoms in total. The molecular weight excluding hydrogens is 336 g/mol. The maximum absolute atomic E-state index is 10.6. The van der Waals surface area contributed by atoms with Crippen LogP contribution in [0.25, 0.3) is 0 Å². The quantitative estimate of drug-likeness (QED) is 0.385. The highest BCUT2D eigenvalue weighted by molar-refractivity contribution is 5.24. The fraction of sp³-hybridized carbons (Fsp3) is 0.900. The van der Waals surface area contributed by atoms with Crippen LogP contribution in [0.1, 0.15) is 45.4 Å². The third kappa shape index (κ3) is 2.77. The van der Waals surface area contributed by atoms with Crippen LogP contribution in [0, 0.1) is 28.6 Å². The Labute approximate surface area is 155 Å². The lowest BCUT2D eigenvalue weighted by Gasteiger charge is -2.61. The third-order valence-electron chi connectivity index (χ3n) is 8.15. The largest absolute Gasteiger partial charge is 0.396 e. The van der Waals surface area contributed by atoms with Crippen LogP contribution in [-0.4, -0.2) is 68.8 Å². The summed E-state index contributed by atoms with van der Waals surface area (Å²) in [5, 5.41) is 60.2. The van der Waals surface area contributed by atoms with E-state index in [2.05, 4.69) is 13.0 Å². The van der Waals surface area contributed by atoms with Gasteiger partial charge in [-0.2, -0.15) is 0 Å². The first-order valence-electron chi connectivity index (χ1n) is 9.84. The lowest BCUT2D eigenvalue weighted by Crippen LogP contribution is -2.60. The van der Waals surface area contributed by atoms with Gasteiger partial charge < -0.3 is 30.6 Å². The Balaban J connectivity index is 1.91. The minimum atomic E-state index is -1.45. The van der Waals surface area contributed by atoms with Crippen LogP contribution in [0.4, 0.5) is 0 Å². The van der Waals surface area contributed by atoms with E-state index in [9.17, 15) is 30.6 Å². The smallest absolute Gasteiger partial charge is 0.114 e. The molecule has 0 aromatic carbocycles. The minimum Gasteiger partial charge on any atom is -0.396 e. The molecular formula is C20H34O6. The van der Waals surface area contributed by atoms with E-state index >= 15 is 0 Å². The van der Waals surface area contributed by atoms with Gasteiger partial charge in [0, 0.05) is 5.41 Å². The lowest BCUT2D eigenvalue weighted by molar-refractivity contribution is -0.177. The average Bonchev–Trinajstić information content (AvgIpc) is 2.67. The van der Waals surface area contributed by atoms with Crippen molar-refractivity contribution in [3.63, 3.8) is 0 Å². The molecule has 3 aliphatic carbocycles. The number of aliphatic hydroxyl groups is 6. The van der Waals surface area contributed by atoms with Crippen molar-refractivity contribution in [2.45, 2.75) is 57.2 Å². The van der Waals surface area contributed by atoms with E-state index in [0.29, 0.717) is 19.3 Å². The summed E-state index contributed by atoms with van der Waals surface area (Å²) in [6, 6.07) is 0. The van der Waals surface area contributed by atoms with Gasteiger partial charge in [0.25, 0.3) is 0 Å². The molecule has 2 saturated carbocycles. The first-order valence-corrected chi connectivity index (χ1v) is 9.84. The van der Waals surface area contributed by atoms with Crippen molar-refractivity contribution in [2.75, 3.05) is 26.4 Å². The Kier molecular flexibility index (Phi) is 5.57. The highest BCUT2D eigenvalue weighted by Crippen LogP contribution is 2.62. The molecule has 150 valence electrons. The zero-order valence-electron chi connectivity index (χ0n) is 15.6.